The predicted octanol–water partition coefficient (Wildman–Crippen LogP) is -3.79. The van der Waals surface area contributed by atoms with Gasteiger partial charge in [0.15, 0.2) is 0 Å². The van der Waals surface area contributed by atoms with Crippen molar-refractivity contribution in [1.29, 1.82) is 0 Å². The minimum Gasteiger partial charge on any atom is -0.480 e. The summed E-state index contributed by atoms with van der Waals surface area (Å²) in [5.74, 6) is -3.96. The molecule has 0 aliphatic carbocycles. The van der Waals surface area contributed by atoms with Crippen LogP contribution in [0.2, 0.25) is 0 Å². The lowest BCUT2D eigenvalue weighted by atomic mass is 10.1. The fraction of sp³-hybridized carbons (Fsp3) is 0.562. The van der Waals surface area contributed by atoms with E-state index in [1.807, 2.05) is 0 Å². The topological polar surface area (TPSA) is 220 Å². The third kappa shape index (κ3) is 7.48. The van der Waals surface area contributed by atoms with Crippen LogP contribution in [0, 0.1) is 0 Å². The number of nitrogens with zero attached hydrogens (tertiary/aromatic N) is 1. The second kappa shape index (κ2) is 11.1. The van der Waals surface area contributed by atoms with Crippen LogP contribution in [-0.2, 0) is 25.6 Å². The molecule has 9 N–H and O–H groups in total. The first-order valence-electron chi connectivity index (χ1n) is 8.72. The summed E-state index contributed by atoms with van der Waals surface area (Å²) in [5, 5.41) is 35.1. The van der Waals surface area contributed by atoms with Gasteiger partial charge in [-0.3, -0.25) is 14.4 Å². The molecule has 1 aromatic heterocycles. The number of carbonyl (C=O) groups excluding carboxylic acids is 3. The number of aliphatic carboxylic acids is 1. The molecule has 29 heavy (non-hydrogen) atoms. The number of aromatic amines is 1. The third-order valence-electron chi connectivity index (χ3n) is 3.89. The average molecular weight is 414 g/mol. The largest absolute Gasteiger partial charge is 0.480 e. The number of aromatic nitrogens is 2. The zero-order chi connectivity index (χ0) is 22.1. The smallest absolute Gasteiger partial charge is 0.326 e. The number of carbonyl (C=O) groups is 4. The van der Waals surface area contributed by atoms with E-state index in [4.69, 9.17) is 5.73 Å². The number of carboxylic acids is 1. The fourth-order valence-corrected chi connectivity index (χ4v) is 2.23. The summed E-state index contributed by atoms with van der Waals surface area (Å²) in [6.45, 7) is 1.80. The molecule has 0 aliphatic rings. The van der Waals surface area contributed by atoms with Crippen molar-refractivity contribution in [3.8, 4) is 0 Å². The summed E-state index contributed by atoms with van der Waals surface area (Å²) in [4.78, 5) is 54.2. The van der Waals surface area contributed by atoms with Crippen LogP contribution >= 0.6 is 0 Å². The first-order valence-corrected chi connectivity index (χ1v) is 8.72. The Labute approximate surface area is 166 Å². The summed E-state index contributed by atoms with van der Waals surface area (Å²) in [6, 6.07) is -5.24. The molecule has 1 rings (SSSR count). The molecule has 162 valence electrons. The number of H-pyrrole nitrogens is 1. The Morgan fingerprint density at radius 3 is 2.17 bits per heavy atom. The molecule has 5 atom stereocenters. The molecule has 13 heteroatoms. The number of hydrogen-bond donors (Lipinski definition) is 8. The third-order valence-corrected chi connectivity index (χ3v) is 3.89. The monoisotopic (exact) mass is 414 g/mol. The van der Waals surface area contributed by atoms with E-state index in [0.717, 1.165) is 0 Å². The van der Waals surface area contributed by atoms with Gasteiger partial charge in [-0.05, 0) is 13.8 Å². The van der Waals surface area contributed by atoms with E-state index in [2.05, 4.69) is 25.9 Å². The molecule has 0 radical (unpaired) electrons. The van der Waals surface area contributed by atoms with Gasteiger partial charge in [0.2, 0.25) is 17.7 Å². The van der Waals surface area contributed by atoms with Crippen molar-refractivity contribution in [2.45, 2.75) is 50.5 Å². The summed E-state index contributed by atoms with van der Waals surface area (Å²) >= 11 is 0. The number of carboxylic acid groups (broad SMARTS) is 1. The number of hydrogen-bond acceptors (Lipinski definition) is 8. The molecule has 13 nitrogen and oxygen atoms in total. The van der Waals surface area contributed by atoms with Crippen molar-refractivity contribution < 1.29 is 34.5 Å². The van der Waals surface area contributed by atoms with Crippen LogP contribution in [0.15, 0.2) is 12.5 Å². The van der Waals surface area contributed by atoms with Crippen LogP contribution in [0.3, 0.4) is 0 Å². The Hall–Kier alpha value is -3.03. The number of aliphatic hydroxyl groups is 2. The number of amides is 3. The van der Waals surface area contributed by atoms with Gasteiger partial charge in [-0.2, -0.15) is 0 Å². The van der Waals surface area contributed by atoms with Gasteiger partial charge in [0.1, 0.15) is 18.1 Å². The lowest BCUT2D eigenvalue weighted by Crippen LogP contribution is -2.60. The van der Waals surface area contributed by atoms with Crippen LogP contribution in [0.1, 0.15) is 19.5 Å². The summed E-state index contributed by atoms with van der Waals surface area (Å²) in [5.41, 5.74) is 5.84. The van der Waals surface area contributed by atoms with Crippen molar-refractivity contribution in [2.75, 3.05) is 6.61 Å². The summed E-state index contributed by atoms with van der Waals surface area (Å²) in [6.07, 6.45) is 1.23. The second-order valence-electron chi connectivity index (χ2n) is 6.44. The van der Waals surface area contributed by atoms with Gasteiger partial charge in [-0.1, -0.05) is 0 Å². The van der Waals surface area contributed by atoms with Crippen molar-refractivity contribution in [2.24, 2.45) is 5.73 Å². The maximum atomic E-state index is 12.5. The van der Waals surface area contributed by atoms with Crippen molar-refractivity contribution in [3.05, 3.63) is 18.2 Å². The minimum absolute atomic E-state index is 0.106. The molecule has 0 fully saturated rings. The molecule has 1 heterocycles. The van der Waals surface area contributed by atoms with Crippen LogP contribution < -0.4 is 21.7 Å². The number of aliphatic hydroxyl groups excluding tert-OH is 2. The Morgan fingerprint density at radius 1 is 1.10 bits per heavy atom. The number of nitrogens with two attached hydrogens (primary N) is 1. The van der Waals surface area contributed by atoms with Crippen LogP contribution in [0.25, 0.3) is 0 Å². The first kappa shape index (κ1) is 24.0. The van der Waals surface area contributed by atoms with E-state index >= 15 is 0 Å². The molecule has 1 aromatic rings. The molecule has 3 amide bonds. The van der Waals surface area contributed by atoms with Gasteiger partial charge >= 0.3 is 5.97 Å². The predicted molar refractivity (Wildman–Crippen MR) is 98.1 cm³/mol. The zero-order valence-corrected chi connectivity index (χ0v) is 16.0. The molecule has 5 unspecified atom stereocenters. The highest BCUT2D eigenvalue weighted by Gasteiger charge is 2.32. The summed E-state index contributed by atoms with van der Waals surface area (Å²) < 4.78 is 0. The molecular formula is C16H26N6O7. The average Bonchev–Trinajstić information content (AvgIpc) is 3.15. The molecular weight excluding hydrogens is 388 g/mol. The maximum Gasteiger partial charge on any atom is 0.326 e. The normalized spacial score (nSPS) is 16.0. The number of nitrogens with one attached hydrogen (secondary N) is 4. The minimum atomic E-state index is -1.53. The highest BCUT2D eigenvalue weighted by atomic mass is 16.4. The second-order valence-corrected chi connectivity index (χ2v) is 6.44. The molecule has 0 saturated heterocycles. The molecule has 0 aromatic carbocycles. The Bertz CT molecular complexity index is 707. The molecule has 0 bridgehead atoms. The van der Waals surface area contributed by atoms with Crippen LogP contribution in [0.4, 0.5) is 0 Å². The van der Waals surface area contributed by atoms with Gasteiger partial charge < -0.3 is 42.0 Å². The van der Waals surface area contributed by atoms with Gasteiger partial charge in [0, 0.05) is 18.3 Å². The fourth-order valence-electron chi connectivity index (χ4n) is 2.23. The van der Waals surface area contributed by atoms with Gasteiger partial charge in [0.25, 0.3) is 0 Å². The SMILES string of the molecule is CC(N)C(=O)NC(CO)C(=O)NC(C(=O)NC(Cc1cnc[nH]1)C(=O)O)C(C)O. The lowest BCUT2D eigenvalue weighted by molar-refractivity contribution is -0.143. The summed E-state index contributed by atoms with van der Waals surface area (Å²) in [7, 11) is 0. The van der Waals surface area contributed by atoms with E-state index < -0.39 is 60.6 Å². The van der Waals surface area contributed by atoms with E-state index in [1.165, 1.54) is 26.4 Å². The van der Waals surface area contributed by atoms with Crippen LogP contribution in [-0.4, -0.2) is 85.9 Å². The molecule has 0 aliphatic heterocycles. The molecule has 0 saturated carbocycles. The number of rotatable bonds is 11. The van der Waals surface area contributed by atoms with E-state index in [9.17, 15) is 34.5 Å². The quantitative estimate of drug-likeness (QED) is 0.178. The first-order chi connectivity index (χ1) is 13.6. The van der Waals surface area contributed by atoms with E-state index in [0.29, 0.717) is 5.69 Å². The van der Waals surface area contributed by atoms with E-state index in [1.54, 1.807) is 0 Å². The molecule has 0 spiro atoms. The van der Waals surface area contributed by atoms with Crippen molar-refractivity contribution in [3.63, 3.8) is 0 Å². The van der Waals surface area contributed by atoms with Gasteiger partial charge in [-0.15, -0.1) is 0 Å². The van der Waals surface area contributed by atoms with Crippen molar-refractivity contribution >= 4 is 23.7 Å². The number of imidazole rings is 1. The standard InChI is InChI=1S/C16H26N6O7/c1-7(17)13(25)21-11(5-23)14(26)22-12(8(2)24)15(27)20-10(16(28)29)3-9-4-18-6-19-9/h4,6-8,10-12,23-24H,3,5,17H2,1-2H3,(H,18,19)(H,20,27)(H,21,25)(H,22,26)(H,28,29). The zero-order valence-electron chi connectivity index (χ0n) is 16.0. The lowest BCUT2D eigenvalue weighted by Gasteiger charge is -2.25. The van der Waals surface area contributed by atoms with E-state index in [-0.39, 0.29) is 6.42 Å². The van der Waals surface area contributed by atoms with Gasteiger partial charge in [-0.25, -0.2) is 9.78 Å². The van der Waals surface area contributed by atoms with Crippen LogP contribution in [0.5, 0.6) is 0 Å². The Balaban J connectivity index is 2.83. The highest BCUT2D eigenvalue weighted by Crippen LogP contribution is 2.02. The van der Waals surface area contributed by atoms with Crippen molar-refractivity contribution in [1.82, 2.24) is 25.9 Å². The van der Waals surface area contributed by atoms with Gasteiger partial charge in [0.05, 0.1) is 25.1 Å². The Morgan fingerprint density at radius 2 is 1.72 bits per heavy atom. The highest BCUT2D eigenvalue weighted by molar-refractivity contribution is 5.94. The maximum absolute atomic E-state index is 12.5. The Kier molecular flexibility index (Phi) is 9.18.